The highest BCUT2D eigenvalue weighted by Crippen LogP contribution is 2.16. The number of nitrogens with zero attached hydrogens (tertiary/aromatic N) is 1. The summed E-state index contributed by atoms with van der Waals surface area (Å²) in [5.74, 6) is 0.0540. The van der Waals surface area contributed by atoms with E-state index >= 15 is 0 Å². The molecule has 0 aromatic heterocycles. The lowest BCUT2D eigenvalue weighted by Crippen LogP contribution is -2.28. The van der Waals surface area contributed by atoms with Crippen LogP contribution in [0.4, 0.5) is 0 Å². The number of nitrogens with one attached hydrogen (secondary N) is 1. The van der Waals surface area contributed by atoms with Crippen LogP contribution in [0.15, 0.2) is 30.9 Å². The average Bonchev–Trinajstić information content (AvgIpc) is 2.37. The molecule has 3 nitrogen and oxygen atoms in total. The molecule has 0 saturated heterocycles. The fraction of sp³-hybridized carbons (Fsp3) is 0.357. The van der Waals surface area contributed by atoms with Crippen LogP contribution in [0.5, 0.6) is 0 Å². The van der Waals surface area contributed by atoms with Gasteiger partial charge in [0, 0.05) is 25.7 Å². The Balaban J connectivity index is 2.21. The largest absolute Gasteiger partial charge is 0.338 e. The van der Waals surface area contributed by atoms with Gasteiger partial charge in [0.2, 0.25) is 0 Å². The third kappa shape index (κ3) is 2.56. The Morgan fingerprint density at radius 1 is 1.53 bits per heavy atom. The normalized spacial score (nSPS) is 13.9. The maximum absolute atomic E-state index is 12.1. The monoisotopic (exact) mass is 230 g/mol. The van der Waals surface area contributed by atoms with Crippen LogP contribution in [0.2, 0.25) is 0 Å². The van der Waals surface area contributed by atoms with Crippen molar-refractivity contribution in [1.29, 1.82) is 0 Å². The second kappa shape index (κ2) is 5.15. The Labute approximate surface area is 102 Å². The minimum absolute atomic E-state index is 0.0540. The number of hydrogen-bond acceptors (Lipinski definition) is 2. The van der Waals surface area contributed by atoms with Gasteiger partial charge in [0.25, 0.3) is 5.91 Å². The first-order chi connectivity index (χ1) is 8.22. The molecule has 0 atom stereocenters. The van der Waals surface area contributed by atoms with Gasteiger partial charge in [-0.1, -0.05) is 12.1 Å². The predicted molar refractivity (Wildman–Crippen MR) is 69.0 cm³/mol. The van der Waals surface area contributed by atoms with E-state index in [-0.39, 0.29) is 5.91 Å². The molecule has 1 aromatic carbocycles. The van der Waals surface area contributed by atoms with Crippen LogP contribution in [0.3, 0.4) is 0 Å². The van der Waals surface area contributed by atoms with Gasteiger partial charge in [-0.15, -0.1) is 6.58 Å². The van der Waals surface area contributed by atoms with Gasteiger partial charge in [-0.25, -0.2) is 0 Å². The fourth-order valence-corrected chi connectivity index (χ4v) is 2.11. The first kappa shape index (κ1) is 11.9. The van der Waals surface area contributed by atoms with E-state index in [0.717, 1.165) is 25.1 Å². The Kier molecular flexibility index (Phi) is 3.59. The zero-order valence-electron chi connectivity index (χ0n) is 10.2. The molecule has 1 aromatic rings. The number of benzene rings is 1. The molecule has 2 rings (SSSR count). The van der Waals surface area contributed by atoms with Crippen LogP contribution in [-0.2, 0) is 13.0 Å². The number of rotatable bonds is 3. The lowest BCUT2D eigenvalue weighted by Gasteiger charge is -2.19. The maximum atomic E-state index is 12.1. The Hall–Kier alpha value is -1.61. The zero-order chi connectivity index (χ0) is 12.3. The quantitative estimate of drug-likeness (QED) is 0.800. The van der Waals surface area contributed by atoms with Crippen molar-refractivity contribution < 1.29 is 4.79 Å². The summed E-state index contributed by atoms with van der Waals surface area (Å²) in [5.41, 5.74) is 3.36. The summed E-state index contributed by atoms with van der Waals surface area (Å²) in [6.45, 7) is 6.11. The second-order valence-electron chi connectivity index (χ2n) is 4.38. The van der Waals surface area contributed by atoms with E-state index in [1.165, 1.54) is 11.1 Å². The van der Waals surface area contributed by atoms with Crippen LogP contribution in [0.1, 0.15) is 21.5 Å². The molecule has 0 radical (unpaired) electrons. The molecule has 0 fully saturated rings. The summed E-state index contributed by atoms with van der Waals surface area (Å²) in [4.78, 5) is 13.7. The predicted octanol–water partition coefficient (Wildman–Crippen LogP) is 1.59. The highest BCUT2D eigenvalue weighted by Gasteiger charge is 2.14. The molecule has 0 bridgehead atoms. The van der Waals surface area contributed by atoms with Gasteiger partial charge in [-0.3, -0.25) is 4.79 Å². The van der Waals surface area contributed by atoms with Crippen molar-refractivity contribution in [3.8, 4) is 0 Å². The number of carbonyl (C=O) groups excluding carboxylic acids is 1. The molecule has 1 heterocycles. The standard InChI is InChI=1S/C14H18N2O/c1-3-8-16(2)14(17)12-5-4-11-6-7-15-10-13(11)9-12/h3-5,9,15H,1,6-8,10H2,2H3. The Morgan fingerprint density at radius 2 is 2.35 bits per heavy atom. The second-order valence-corrected chi connectivity index (χ2v) is 4.38. The lowest BCUT2D eigenvalue weighted by atomic mass is 9.98. The Bertz CT molecular complexity index is 440. The molecule has 17 heavy (non-hydrogen) atoms. The minimum atomic E-state index is 0.0540. The topological polar surface area (TPSA) is 32.3 Å². The average molecular weight is 230 g/mol. The molecule has 0 unspecified atom stereocenters. The van der Waals surface area contributed by atoms with Gasteiger partial charge in [0.05, 0.1) is 0 Å². The number of hydrogen-bond donors (Lipinski definition) is 1. The van der Waals surface area contributed by atoms with Gasteiger partial charge in [0.15, 0.2) is 0 Å². The van der Waals surface area contributed by atoms with Gasteiger partial charge in [-0.2, -0.15) is 0 Å². The zero-order valence-corrected chi connectivity index (χ0v) is 10.2. The highest BCUT2D eigenvalue weighted by molar-refractivity contribution is 5.94. The van der Waals surface area contributed by atoms with E-state index in [2.05, 4.69) is 18.0 Å². The SMILES string of the molecule is C=CCN(C)C(=O)c1ccc2c(c1)CNCC2. The summed E-state index contributed by atoms with van der Waals surface area (Å²) < 4.78 is 0. The lowest BCUT2D eigenvalue weighted by molar-refractivity contribution is 0.0810. The fourth-order valence-electron chi connectivity index (χ4n) is 2.11. The summed E-state index contributed by atoms with van der Waals surface area (Å²) in [7, 11) is 1.79. The Morgan fingerprint density at radius 3 is 3.12 bits per heavy atom. The van der Waals surface area contributed by atoms with Crippen molar-refractivity contribution in [2.75, 3.05) is 20.1 Å². The van der Waals surface area contributed by atoms with Crippen LogP contribution >= 0.6 is 0 Å². The van der Waals surface area contributed by atoms with E-state index in [0.29, 0.717) is 6.54 Å². The highest BCUT2D eigenvalue weighted by atomic mass is 16.2. The van der Waals surface area contributed by atoms with Crippen molar-refractivity contribution in [1.82, 2.24) is 10.2 Å². The summed E-state index contributed by atoms with van der Waals surface area (Å²) >= 11 is 0. The number of fused-ring (bicyclic) bond motifs is 1. The van der Waals surface area contributed by atoms with Gasteiger partial charge < -0.3 is 10.2 Å². The van der Waals surface area contributed by atoms with Gasteiger partial charge in [0.1, 0.15) is 0 Å². The smallest absolute Gasteiger partial charge is 0.253 e. The van der Waals surface area contributed by atoms with Crippen LogP contribution in [0, 0.1) is 0 Å². The van der Waals surface area contributed by atoms with E-state index in [9.17, 15) is 4.79 Å². The van der Waals surface area contributed by atoms with E-state index in [1.807, 2.05) is 12.1 Å². The number of amides is 1. The van der Waals surface area contributed by atoms with Crippen LogP contribution in [0.25, 0.3) is 0 Å². The molecule has 0 spiro atoms. The van der Waals surface area contributed by atoms with E-state index in [4.69, 9.17) is 0 Å². The molecule has 0 aliphatic carbocycles. The molecule has 1 N–H and O–H groups in total. The molecule has 90 valence electrons. The summed E-state index contributed by atoms with van der Waals surface area (Å²) in [6, 6.07) is 6.00. The maximum Gasteiger partial charge on any atom is 0.253 e. The van der Waals surface area contributed by atoms with Crippen molar-refractivity contribution in [2.45, 2.75) is 13.0 Å². The van der Waals surface area contributed by atoms with Crippen molar-refractivity contribution in [3.05, 3.63) is 47.5 Å². The first-order valence-electron chi connectivity index (χ1n) is 5.91. The first-order valence-corrected chi connectivity index (χ1v) is 5.91. The molecular weight excluding hydrogens is 212 g/mol. The molecule has 1 aliphatic heterocycles. The third-order valence-corrected chi connectivity index (χ3v) is 3.09. The summed E-state index contributed by atoms with van der Waals surface area (Å²) in [6.07, 6.45) is 2.78. The third-order valence-electron chi connectivity index (χ3n) is 3.09. The summed E-state index contributed by atoms with van der Waals surface area (Å²) in [5, 5.41) is 3.32. The molecule has 3 heteroatoms. The van der Waals surface area contributed by atoms with E-state index < -0.39 is 0 Å². The molecule has 0 saturated carbocycles. The van der Waals surface area contributed by atoms with Crippen molar-refractivity contribution in [2.24, 2.45) is 0 Å². The van der Waals surface area contributed by atoms with Gasteiger partial charge >= 0.3 is 0 Å². The molecule has 1 amide bonds. The van der Waals surface area contributed by atoms with Crippen molar-refractivity contribution >= 4 is 5.91 Å². The van der Waals surface area contributed by atoms with Crippen molar-refractivity contribution in [3.63, 3.8) is 0 Å². The molecule has 1 aliphatic rings. The minimum Gasteiger partial charge on any atom is -0.338 e. The van der Waals surface area contributed by atoms with Crippen LogP contribution in [-0.4, -0.2) is 30.9 Å². The number of likely N-dealkylation sites (N-methyl/N-ethyl adjacent to an activating group) is 1. The number of carbonyl (C=O) groups is 1. The van der Waals surface area contributed by atoms with Gasteiger partial charge in [-0.05, 0) is 36.2 Å². The van der Waals surface area contributed by atoms with E-state index in [1.54, 1.807) is 18.0 Å². The van der Waals surface area contributed by atoms with Crippen LogP contribution < -0.4 is 5.32 Å². The molecular formula is C14H18N2O.